The summed E-state index contributed by atoms with van der Waals surface area (Å²) in [6.07, 6.45) is 1.68. The van der Waals surface area contributed by atoms with Gasteiger partial charge in [0.2, 0.25) is 10.0 Å². The Morgan fingerprint density at radius 3 is 2.65 bits per heavy atom. The maximum absolute atomic E-state index is 12.9. The third-order valence-corrected chi connectivity index (χ3v) is 6.86. The van der Waals surface area contributed by atoms with E-state index in [-0.39, 0.29) is 29.0 Å². The highest BCUT2D eigenvalue weighted by molar-refractivity contribution is 7.89. The van der Waals surface area contributed by atoms with Crippen LogP contribution < -0.4 is 14.9 Å². The number of nitrogens with zero attached hydrogens (tertiary/aromatic N) is 1. The number of hydrogen-bond acceptors (Lipinski definition) is 6. The van der Waals surface area contributed by atoms with Crippen LogP contribution in [0, 0.1) is 0 Å². The first-order chi connectivity index (χ1) is 15.0. The van der Waals surface area contributed by atoms with Crippen molar-refractivity contribution in [1.82, 2.24) is 4.72 Å². The van der Waals surface area contributed by atoms with Crippen LogP contribution in [0.2, 0.25) is 0 Å². The molecule has 0 bridgehead atoms. The average Bonchev–Trinajstić information content (AvgIpc) is 3.33. The lowest BCUT2D eigenvalue weighted by Gasteiger charge is -2.30. The van der Waals surface area contributed by atoms with Crippen LogP contribution in [-0.4, -0.2) is 59.9 Å². The molecule has 31 heavy (non-hydrogen) atoms. The van der Waals surface area contributed by atoms with E-state index in [0.29, 0.717) is 25.5 Å². The Morgan fingerprint density at radius 2 is 1.87 bits per heavy atom. The predicted octanol–water partition coefficient (Wildman–Crippen LogP) is 2.23. The van der Waals surface area contributed by atoms with Gasteiger partial charge in [-0.3, -0.25) is 4.79 Å². The van der Waals surface area contributed by atoms with Crippen LogP contribution in [0.15, 0.2) is 53.4 Å². The number of sulfonamides is 1. The van der Waals surface area contributed by atoms with Gasteiger partial charge in [0.25, 0.3) is 5.91 Å². The van der Waals surface area contributed by atoms with Crippen molar-refractivity contribution in [2.24, 2.45) is 0 Å². The highest BCUT2D eigenvalue weighted by Gasteiger charge is 2.22. The number of carbonyl (C=O) groups is 1. The van der Waals surface area contributed by atoms with E-state index in [1.54, 1.807) is 12.1 Å². The Bertz CT molecular complexity index is 1020. The van der Waals surface area contributed by atoms with E-state index in [0.717, 1.165) is 31.6 Å². The summed E-state index contributed by atoms with van der Waals surface area (Å²) in [5.74, 6) is -0.364. The summed E-state index contributed by atoms with van der Waals surface area (Å²) in [6, 6.07) is 13.6. The first-order valence-corrected chi connectivity index (χ1v) is 12.0. The molecule has 1 amide bonds. The van der Waals surface area contributed by atoms with Crippen LogP contribution in [0.3, 0.4) is 0 Å². The van der Waals surface area contributed by atoms with Gasteiger partial charge in [-0.25, -0.2) is 13.1 Å². The lowest BCUT2D eigenvalue weighted by atomic mass is 10.2. The molecule has 2 saturated heterocycles. The maximum atomic E-state index is 12.9. The standard InChI is InChI=1S/C22H27N3O5S/c26-22(24-20-8-1-2-9-21(20)25-10-13-29-14-11-25)17-5-3-7-19(15-17)31(27,28)23-16-18-6-4-12-30-18/h1-3,5,7-9,15,18,23H,4,6,10-14,16H2,(H,24,26). The van der Waals surface area contributed by atoms with Gasteiger partial charge in [0.15, 0.2) is 0 Å². The van der Waals surface area contributed by atoms with Crippen LogP contribution in [0.1, 0.15) is 23.2 Å². The summed E-state index contributed by atoms with van der Waals surface area (Å²) in [4.78, 5) is 15.1. The fraction of sp³-hybridized carbons (Fsp3) is 0.409. The maximum Gasteiger partial charge on any atom is 0.255 e. The zero-order valence-electron chi connectivity index (χ0n) is 17.2. The second-order valence-corrected chi connectivity index (χ2v) is 9.35. The van der Waals surface area contributed by atoms with Gasteiger partial charge in [-0.15, -0.1) is 0 Å². The molecule has 2 aliphatic heterocycles. The minimum absolute atomic E-state index is 0.0552. The van der Waals surface area contributed by atoms with Gasteiger partial charge in [-0.1, -0.05) is 18.2 Å². The molecule has 4 rings (SSSR count). The normalized spacial score (nSPS) is 19.4. The molecule has 2 heterocycles. The Balaban J connectivity index is 1.47. The smallest absolute Gasteiger partial charge is 0.255 e. The molecule has 1 unspecified atom stereocenters. The zero-order valence-corrected chi connectivity index (χ0v) is 18.1. The van der Waals surface area contributed by atoms with Crippen LogP contribution in [0.25, 0.3) is 0 Å². The molecule has 0 aromatic heterocycles. The molecule has 2 N–H and O–H groups in total. The second kappa shape index (κ2) is 9.78. The summed E-state index contributed by atoms with van der Waals surface area (Å²) in [5, 5.41) is 2.92. The van der Waals surface area contributed by atoms with E-state index in [1.165, 1.54) is 12.1 Å². The van der Waals surface area contributed by atoms with Gasteiger partial charge in [-0.2, -0.15) is 0 Å². The van der Waals surface area contributed by atoms with Crippen molar-refractivity contribution in [2.75, 3.05) is 49.7 Å². The number of morpholine rings is 1. The first kappa shape index (κ1) is 21.8. The Labute approximate surface area is 182 Å². The van der Waals surface area contributed by atoms with Crippen molar-refractivity contribution in [3.63, 3.8) is 0 Å². The van der Waals surface area contributed by atoms with Gasteiger partial charge in [-0.05, 0) is 43.2 Å². The van der Waals surface area contributed by atoms with E-state index in [2.05, 4.69) is 14.9 Å². The lowest BCUT2D eigenvalue weighted by Crippen LogP contribution is -2.36. The van der Waals surface area contributed by atoms with Gasteiger partial charge in [0, 0.05) is 31.8 Å². The summed E-state index contributed by atoms with van der Waals surface area (Å²) in [6.45, 7) is 3.66. The van der Waals surface area contributed by atoms with E-state index in [9.17, 15) is 13.2 Å². The van der Waals surface area contributed by atoms with E-state index >= 15 is 0 Å². The van der Waals surface area contributed by atoms with Crippen molar-refractivity contribution in [3.8, 4) is 0 Å². The van der Waals surface area contributed by atoms with Crippen LogP contribution >= 0.6 is 0 Å². The van der Waals surface area contributed by atoms with Crippen LogP contribution in [0.4, 0.5) is 11.4 Å². The van der Waals surface area contributed by atoms with Gasteiger partial charge >= 0.3 is 0 Å². The van der Waals surface area contributed by atoms with Gasteiger partial charge in [0.05, 0.1) is 35.6 Å². The number of benzene rings is 2. The number of nitrogens with one attached hydrogen (secondary N) is 2. The van der Waals surface area contributed by atoms with Gasteiger partial charge < -0.3 is 19.7 Å². The summed E-state index contributed by atoms with van der Waals surface area (Å²) in [7, 11) is -3.73. The molecule has 8 nitrogen and oxygen atoms in total. The molecule has 0 saturated carbocycles. The largest absolute Gasteiger partial charge is 0.378 e. The molecule has 2 aromatic rings. The summed E-state index contributed by atoms with van der Waals surface area (Å²) in [5.41, 5.74) is 1.87. The number of hydrogen-bond donors (Lipinski definition) is 2. The molecular formula is C22H27N3O5S. The Hall–Kier alpha value is -2.46. The number of ether oxygens (including phenoxy) is 2. The molecule has 166 valence electrons. The Kier molecular flexibility index (Phi) is 6.86. The topological polar surface area (TPSA) is 97.0 Å². The third kappa shape index (κ3) is 5.43. The number of rotatable bonds is 7. The number of anilines is 2. The lowest BCUT2D eigenvalue weighted by molar-refractivity contribution is 0.102. The van der Waals surface area contributed by atoms with E-state index in [4.69, 9.17) is 9.47 Å². The number of carbonyl (C=O) groups excluding carboxylic acids is 1. The third-order valence-electron chi connectivity index (χ3n) is 5.44. The van der Waals surface area contributed by atoms with Crippen molar-refractivity contribution >= 4 is 27.3 Å². The summed E-state index contributed by atoms with van der Waals surface area (Å²) >= 11 is 0. The fourth-order valence-corrected chi connectivity index (χ4v) is 4.86. The van der Waals surface area contributed by atoms with Gasteiger partial charge in [0.1, 0.15) is 0 Å². The monoisotopic (exact) mass is 445 g/mol. The molecule has 0 spiro atoms. The SMILES string of the molecule is O=C(Nc1ccccc1N1CCOCC1)c1cccc(S(=O)(=O)NCC2CCCO2)c1. The fourth-order valence-electron chi connectivity index (χ4n) is 3.75. The number of para-hydroxylation sites is 2. The zero-order chi connectivity index (χ0) is 21.7. The average molecular weight is 446 g/mol. The summed E-state index contributed by atoms with van der Waals surface area (Å²) < 4.78 is 38.8. The predicted molar refractivity (Wildman–Crippen MR) is 118 cm³/mol. The minimum atomic E-state index is -3.73. The van der Waals surface area contributed by atoms with Crippen molar-refractivity contribution in [2.45, 2.75) is 23.8 Å². The van der Waals surface area contributed by atoms with Crippen molar-refractivity contribution in [1.29, 1.82) is 0 Å². The molecule has 0 radical (unpaired) electrons. The highest BCUT2D eigenvalue weighted by atomic mass is 32.2. The molecule has 2 fully saturated rings. The van der Waals surface area contributed by atoms with Crippen molar-refractivity contribution < 1.29 is 22.7 Å². The first-order valence-electron chi connectivity index (χ1n) is 10.5. The van der Waals surface area contributed by atoms with E-state index < -0.39 is 10.0 Å². The molecule has 1 atom stereocenters. The van der Waals surface area contributed by atoms with Crippen molar-refractivity contribution in [3.05, 3.63) is 54.1 Å². The Morgan fingerprint density at radius 1 is 1.06 bits per heavy atom. The second-order valence-electron chi connectivity index (χ2n) is 7.59. The molecule has 9 heteroatoms. The molecule has 2 aromatic carbocycles. The molecule has 2 aliphatic rings. The van der Waals surface area contributed by atoms with Crippen LogP contribution in [0.5, 0.6) is 0 Å². The molecule has 0 aliphatic carbocycles. The quantitative estimate of drug-likeness (QED) is 0.679. The van der Waals surface area contributed by atoms with Crippen LogP contribution in [-0.2, 0) is 19.5 Å². The minimum Gasteiger partial charge on any atom is -0.378 e. The number of amides is 1. The highest BCUT2D eigenvalue weighted by Crippen LogP contribution is 2.27. The van der Waals surface area contributed by atoms with E-state index in [1.807, 2.05) is 24.3 Å². The molecular weight excluding hydrogens is 418 g/mol.